The van der Waals surface area contributed by atoms with Crippen LogP contribution in [0.5, 0.6) is 0 Å². The molecule has 1 aliphatic carbocycles. The molecule has 0 N–H and O–H groups in total. The first-order chi connectivity index (χ1) is 16.8. The molecule has 3 aliphatic rings. The van der Waals surface area contributed by atoms with Crippen LogP contribution in [0.25, 0.3) is 22.4 Å². The van der Waals surface area contributed by atoms with Crippen molar-refractivity contribution in [3.63, 3.8) is 0 Å². The third-order valence-corrected chi connectivity index (χ3v) is 9.69. The van der Waals surface area contributed by atoms with Gasteiger partial charge in [-0.1, -0.05) is 0 Å². The Morgan fingerprint density at radius 2 is 2.00 bits per heavy atom. The maximum atomic E-state index is 13.0. The SMILES string of the molecule is CC1COCCN1c1cc(C2(S(C)(=O)=O)CC2)c2c(n1)c(-c1ccn(C3CCCCO3)n1)nn2C. The first kappa shape index (κ1) is 22.9. The van der Waals surface area contributed by atoms with Crippen molar-refractivity contribution in [1.29, 1.82) is 0 Å². The van der Waals surface area contributed by atoms with Crippen LogP contribution in [0.4, 0.5) is 5.82 Å². The first-order valence-electron chi connectivity index (χ1n) is 12.4. The lowest BCUT2D eigenvalue weighted by atomic mass is 10.1. The zero-order chi connectivity index (χ0) is 24.4. The van der Waals surface area contributed by atoms with Gasteiger partial charge < -0.3 is 14.4 Å². The maximum absolute atomic E-state index is 13.0. The molecule has 2 saturated heterocycles. The van der Waals surface area contributed by atoms with Crippen LogP contribution in [0.2, 0.25) is 0 Å². The van der Waals surface area contributed by atoms with E-state index in [0.717, 1.165) is 42.8 Å². The molecule has 0 bridgehead atoms. The van der Waals surface area contributed by atoms with Gasteiger partial charge in [-0.25, -0.2) is 18.1 Å². The summed E-state index contributed by atoms with van der Waals surface area (Å²) in [6, 6.07) is 4.05. The molecule has 10 nitrogen and oxygen atoms in total. The average Bonchev–Trinajstić information content (AvgIpc) is 3.42. The molecule has 188 valence electrons. The lowest BCUT2D eigenvalue weighted by Gasteiger charge is -2.34. The Bertz CT molecular complexity index is 1370. The molecule has 0 radical (unpaired) electrons. The van der Waals surface area contributed by atoms with Crippen molar-refractivity contribution in [2.24, 2.45) is 7.05 Å². The zero-order valence-electron chi connectivity index (χ0n) is 20.5. The van der Waals surface area contributed by atoms with Gasteiger partial charge in [-0.15, -0.1) is 0 Å². The molecular formula is C24H32N6O4S. The summed E-state index contributed by atoms with van der Waals surface area (Å²) in [4.78, 5) is 7.27. The van der Waals surface area contributed by atoms with Gasteiger partial charge in [-0.05, 0) is 51.2 Å². The Labute approximate surface area is 205 Å². The smallest absolute Gasteiger partial charge is 0.157 e. The van der Waals surface area contributed by atoms with Crippen LogP contribution in [0.1, 0.15) is 50.8 Å². The molecule has 2 aliphatic heterocycles. The topological polar surface area (TPSA) is 104 Å². The van der Waals surface area contributed by atoms with Crippen LogP contribution in [0.15, 0.2) is 18.3 Å². The number of hydrogen-bond donors (Lipinski definition) is 0. The Morgan fingerprint density at radius 3 is 2.69 bits per heavy atom. The molecule has 5 heterocycles. The molecule has 6 rings (SSSR count). The molecule has 3 aromatic rings. The monoisotopic (exact) mass is 500 g/mol. The van der Waals surface area contributed by atoms with Crippen LogP contribution in [0, 0.1) is 0 Å². The number of sulfone groups is 1. The highest BCUT2D eigenvalue weighted by atomic mass is 32.2. The van der Waals surface area contributed by atoms with E-state index in [2.05, 4.69) is 11.8 Å². The minimum Gasteiger partial charge on any atom is -0.377 e. The molecule has 3 aromatic heterocycles. The number of pyridine rings is 1. The zero-order valence-corrected chi connectivity index (χ0v) is 21.3. The number of rotatable bonds is 5. The second kappa shape index (κ2) is 8.28. The molecule has 2 atom stereocenters. The highest BCUT2D eigenvalue weighted by molar-refractivity contribution is 7.92. The van der Waals surface area contributed by atoms with Gasteiger partial charge in [0.1, 0.15) is 29.0 Å². The summed E-state index contributed by atoms with van der Waals surface area (Å²) in [6.45, 7) is 4.77. The fourth-order valence-corrected chi connectivity index (χ4v) is 6.91. The van der Waals surface area contributed by atoms with Crippen molar-refractivity contribution in [3.05, 3.63) is 23.9 Å². The van der Waals surface area contributed by atoms with Gasteiger partial charge in [-0.2, -0.15) is 10.2 Å². The first-order valence-corrected chi connectivity index (χ1v) is 14.3. The Kier molecular flexibility index (Phi) is 5.42. The van der Waals surface area contributed by atoms with Gasteiger partial charge in [0, 0.05) is 38.2 Å². The minimum absolute atomic E-state index is 0.0688. The maximum Gasteiger partial charge on any atom is 0.157 e. The summed E-state index contributed by atoms with van der Waals surface area (Å²) in [6.07, 6.45) is 7.54. The molecule has 35 heavy (non-hydrogen) atoms. The fourth-order valence-electron chi connectivity index (χ4n) is 5.51. The van der Waals surface area contributed by atoms with Crippen LogP contribution >= 0.6 is 0 Å². The van der Waals surface area contributed by atoms with E-state index < -0.39 is 14.6 Å². The third-order valence-electron chi connectivity index (χ3n) is 7.65. The lowest BCUT2D eigenvalue weighted by molar-refractivity contribution is -0.0393. The van der Waals surface area contributed by atoms with Crippen molar-refractivity contribution in [2.45, 2.75) is 56.0 Å². The Balaban J connectivity index is 1.53. The van der Waals surface area contributed by atoms with Gasteiger partial charge in [0.05, 0.1) is 29.5 Å². The molecule has 3 fully saturated rings. The molecule has 2 unspecified atom stereocenters. The summed E-state index contributed by atoms with van der Waals surface area (Å²) in [5.41, 5.74) is 3.60. The summed E-state index contributed by atoms with van der Waals surface area (Å²) in [7, 11) is -1.47. The number of nitrogens with zero attached hydrogens (tertiary/aromatic N) is 6. The highest BCUT2D eigenvalue weighted by Crippen LogP contribution is 2.55. The van der Waals surface area contributed by atoms with Gasteiger partial charge >= 0.3 is 0 Å². The second-order valence-corrected chi connectivity index (χ2v) is 12.4. The highest BCUT2D eigenvalue weighted by Gasteiger charge is 2.55. The fraction of sp³-hybridized carbons (Fsp3) is 0.625. The van der Waals surface area contributed by atoms with Crippen LogP contribution in [-0.2, 0) is 31.1 Å². The van der Waals surface area contributed by atoms with E-state index >= 15 is 0 Å². The molecule has 0 spiro atoms. The number of aryl methyl sites for hydroxylation is 1. The number of fused-ring (bicyclic) bond motifs is 1. The predicted octanol–water partition coefficient (Wildman–Crippen LogP) is 2.79. The standard InChI is InChI=1S/C24H32N6O4S/c1-16-15-33-13-11-29(16)19-14-17(24(8-9-24)35(3,31)32)23-22(25-19)21(27-28(23)2)18-7-10-30(26-18)20-6-4-5-12-34-20/h7,10,14,16,20H,4-6,8-9,11-13,15H2,1-3H3. The number of anilines is 1. The van der Waals surface area contributed by atoms with E-state index in [-0.39, 0.29) is 12.3 Å². The lowest BCUT2D eigenvalue weighted by Crippen LogP contribution is -2.44. The largest absolute Gasteiger partial charge is 0.377 e. The van der Waals surface area contributed by atoms with E-state index in [1.165, 1.54) is 6.26 Å². The summed E-state index contributed by atoms with van der Waals surface area (Å²) in [5.74, 6) is 0.766. The summed E-state index contributed by atoms with van der Waals surface area (Å²) < 4.78 is 40.2. The molecule has 11 heteroatoms. The van der Waals surface area contributed by atoms with Crippen LogP contribution < -0.4 is 4.90 Å². The Morgan fingerprint density at radius 1 is 1.17 bits per heavy atom. The van der Waals surface area contributed by atoms with Crippen LogP contribution in [-0.4, -0.2) is 71.6 Å². The number of morpholine rings is 1. The summed E-state index contributed by atoms with van der Waals surface area (Å²) in [5, 5.41) is 9.61. The normalized spacial score (nSPS) is 24.7. The van der Waals surface area contributed by atoms with Gasteiger partial charge in [-0.3, -0.25) is 4.68 Å². The van der Waals surface area contributed by atoms with E-state index in [0.29, 0.717) is 49.5 Å². The van der Waals surface area contributed by atoms with Crippen LogP contribution in [0.3, 0.4) is 0 Å². The molecular weight excluding hydrogens is 468 g/mol. The molecule has 0 aromatic carbocycles. The Hall–Kier alpha value is -2.50. The van der Waals surface area contributed by atoms with E-state index in [4.69, 9.17) is 24.7 Å². The van der Waals surface area contributed by atoms with Crippen molar-refractivity contribution in [2.75, 3.05) is 37.5 Å². The van der Waals surface area contributed by atoms with E-state index in [9.17, 15) is 8.42 Å². The van der Waals surface area contributed by atoms with Crippen molar-refractivity contribution in [1.82, 2.24) is 24.5 Å². The van der Waals surface area contributed by atoms with Crippen molar-refractivity contribution < 1.29 is 17.9 Å². The second-order valence-electron chi connectivity index (χ2n) is 10.1. The van der Waals surface area contributed by atoms with Crippen molar-refractivity contribution in [3.8, 4) is 11.4 Å². The van der Waals surface area contributed by atoms with Gasteiger partial charge in [0.25, 0.3) is 0 Å². The van der Waals surface area contributed by atoms with Gasteiger partial charge in [0.15, 0.2) is 9.84 Å². The summed E-state index contributed by atoms with van der Waals surface area (Å²) >= 11 is 0. The number of aromatic nitrogens is 5. The number of ether oxygens (including phenoxy) is 2. The minimum atomic E-state index is -3.33. The van der Waals surface area contributed by atoms with E-state index in [1.807, 2.05) is 30.1 Å². The average molecular weight is 501 g/mol. The quantitative estimate of drug-likeness (QED) is 0.527. The molecule has 0 amide bonds. The molecule has 1 saturated carbocycles. The number of hydrogen-bond acceptors (Lipinski definition) is 8. The van der Waals surface area contributed by atoms with E-state index in [1.54, 1.807) is 4.68 Å². The van der Waals surface area contributed by atoms with Crippen molar-refractivity contribution >= 4 is 26.7 Å². The predicted molar refractivity (Wildman–Crippen MR) is 132 cm³/mol. The third kappa shape index (κ3) is 3.75. The van der Waals surface area contributed by atoms with Gasteiger partial charge in [0.2, 0.25) is 0 Å².